The van der Waals surface area contributed by atoms with E-state index in [1.54, 1.807) is 30.3 Å². The number of esters is 1. The van der Waals surface area contributed by atoms with Gasteiger partial charge >= 0.3 is 5.97 Å². The van der Waals surface area contributed by atoms with Crippen LogP contribution in [0.3, 0.4) is 0 Å². The highest BCUT2D eigenvalue weighted by atomic mass is 32.1. The molecular formula is C23H21N3O6S. The van der Waals surface area contributed by atoms with Gasteiger partial charge in [-0.2, -0.15) is 9.50 Å². The van der Waals surface area contributed by atoms with Crippen LogP contribution in [0.5, 0.6) is 11.5 Å². The lowest BCUT2D eigenvalue weighted by atomic mass is 10.2. The van der Waals surface area contributed by atoms with Gasteiger partial charge in [-0.05, 0) is 31.2 Å². The average molecular weight is 468 g/mol. The summed E-state index contributed by atoms with van der Waals surface area (Å²) in [6, 6.07) is 14.5. The maximum absolute atomic E-state index is 12.8. The van der Waals surface area contributed by atoms with E-state index in [1.807, 2.05) is 31.2 Å². The van der Waals surface area contributed by atoms with E-state index in [0.29, 0.717) is 39.0 Å². The highest BCUT2D eigenvalue weighted by molar-refractivity contribution is 7.15. The molecule has 0 amide bonds. The summed E-state index contributed by atoms with van der Waals surface area (Å²) in [5, 5.41) is 11.7. The minimum Gasteiger partial charge on any atom is -0.493 e. The Hall–Kier alpha value is -4.05. The SMILES string of the molecule is CC(=O)O.CCOc1ccccc1C=c1sc2nc(-c3ccccc3OC(C)=O)nn2c1=O. The molecule has 9 nitrogen and oxygen atoms in total. The Labute approximate surface area is 192 Å². The van der Waals surface area contributed by atoms with Crippen LogP contribution in [-0.2, 0) is 9.59 Å². The zero-order valence-electron chi connectivity index (χ0n) is 18.1. The predicted octanol–water partition coefficient (Wildman–Crippen LogP) is 2.78. The molecule has 0 saturated carbocycles. The van der Waals surface area contributed by atoms with Crippen molar-refractivity contribution in [1.82, 2.24) is 14.6 Å². The molecule has 0 bridgehead atoms. The number of para-hydroxylation sites is 2. The number of rotatable bonds is 5. The Morgan fingerprint density at radius 2 is 1.73 bits per heavy atom. The molecule has 170 valence electrons. The van der Waals surface area contributed by atoms with Gasteiger partial charge in [0.25, 0.3) is 11.5 Å². The Morgan fingerprint density at radius 3 is 2.36 bits per heavy atom. The number of nitrogens with zero attached hydrogens (tertiary/aromatic N) is 3. The van der Waals surface area contributed by atoms with Crippen molar-refractivity contribution in [1.29, 1.82) is 0 Å². The van der Waals surface area contributed by atoms with Gasteiger partial charge in [0.1, 0.15) is 11.5 Å². The number of hydrogen-bond acceptors (Lipinski definition) is 8. The lowest BCUT2D eigenvalue weighted by Crippen LogP contribution is -2.23. The molecule has 0 atom stereocenters. The molecule has 4 rings (SSSR count). The maximum atomic E-state index is 12.8. The molecule has 2 aromatic carbocycles. The van der Waals surface area contributed by atoms with Gasteiger partial charge in [-0.25, -0.2) is 0 Å². The molecule has 0 fully saturated rings. The number of carboxylic acids is 1. The van der Waals surface area contributed by atoms with Crippen LogP contribution >= 0.6 is 11.3 Å². The molecule has 0 aliphatic carbocycles. The molecule has 33 heavy (non-hydrogen) atoms. The van der Waals surface area contributed by atoms with E-state index in [1.165, 1.54) is 22.8 Å². The zero-order valence-corrected chi connectivity index (χ0v) is 19.0. The zero-order chi connectivity index (χ0) is 24.0. The van der Waals surface area contributed by atoms with E-state index in [-0.39, 0.29) is 5.56 Å². The second-order valence-electron chi connectivity index (χ2n) is 6.63. The molecule has 10 heteroatoms. The van der Waals surface area contributed by atoms with Crippen molar-refractivity contribution in [3.05, 3.63) is 69.0 Å². The molecule has 0 saturated heterocycles. The summed E-state index contributed by atoms with van der Waals surface area (Å²) in [6.45, 7) is 4.86. The summed E-state index contributed by atoms with van der Waals surface area (Å²) in [5.74, 6) is 0.117. The third-order valence-electron chi connectivity index (χ3n) is 4.07. The number of benzene rings is 2. The summed E-state index contributed by atoms with van der Waals surface area (Å²) in [4.78, 5) is 38.1. The molecular weight excluding hydrogens is 446 g/mol. The Morgan fingerprint density at radius 1 is 1.09 bits per heavy atom. The van der Waals surface area contributed by atoms with Gasteiger partial charge in [-0.15, -0.1) is 5.10 Å². The Bertz CT molecular complexity index is 1410. The smallest absolute Gasteiger partial charge is 0.308 e. The summed E-state index contributed by atoms with van der Waals surface area (Å²) in [6.07, 6.45) is 1.78. The predicted molar refractivity (Wildman–Crippen MR) is 124 cm³/mol. The van der Waals surface area contributed by atoms with Crippen LogP contribution in [0.25, 0.3) is 22.4 Å². The van der Waals surface area contributed by atoms with E-state index in [9.17, 15) is 9.59 Å². The fourth-order valence-electron chi connectivity index (χ4n) is 2.87. The van der Waals surface area contributed by atoms with Gasteiger partial charge in [0.15, 0.2) is 5.82 Å². The molecule has 2 heterocycles. The van der Waals surface area contributed by atoms with Crippen molar-refractivity contribution in [3.8, 4) is 22.9 Å². The van der Waals surface area contributed by atoms with Crippen LogP contribution in [0, 0.1) is 0 Å². The molecule has 2 aromatic heterocycles. The molecule has 0 aliphatic rings. The van der Waals surface area contributed by atoms with Crippen molar-refractivity contribution in [2.75, 3.05) is 6.61 Å². The lowest BCUT2D eigenvalue weighted by Gasteiger charge is -2.05. The first-order chi connectivity index (χ1) is 15.8. The number of aromatic nitrogens is 3. The Balaban J connectivity index is 0.000000709. The lowest BCUT2D eigenvalue weighted by molar-refractivity contribution is -0.134. The van der Waals surface area contributed by atoms with Gasteiger partial charge in [0.2, 0.25) is 4.96 Å². The fourth-order valence-corrected chi connectivity index (χ4v) is 3.77. The number of hydrogen-bond donors (Lipinski definition) is 1. The number of carbonyl (C=O) groups excluding carboxylic acids is 1. The summed E-state index contributed by atoms with van der Waals surface area (Å²) >= 11 is 1.24. The largest absolute Gasteiger partial charge is 0.493 e. The van der Waals surface area contributed by atoms with Crippen LogP contribution < -0.4 is 19.6 Å². The van der Waals surface area contributed by atoms with Crippen molar-refractivity contribution < 1.29 is 24.2 Å². The van der Waals surface area contributed by atoms with Gasteiger partial charge in [0.05, 0.1) is 16.7 Å². The topological polar surface area (TPSA) is 120 Å². The molecule has 0 aliphatic heterocycles. The fraction of sp³-hybridized carbons (Fsp3) is 0.174. The summed E-state index contributed by atoms with van der Waals surface area (Å²) in [5.41, 5.74) is 1.10. The van der Waals surface area contributed by atoms with E-state index in [2.05, 4.69) is 10.1 Å². The Kier molecular flexibility index (Phi) is 7.52. The van der Waals surface area contributed by atoms with Crippen molar-refractivity contribution in [2.45, 2.75) is 20.8 Å². The number of carbonyl (C=O) groups is 2. The monoisotopic (exact) mass is 467 g/mol. The standard InChI is InChI=1S/C21H17N3O4S.C2H4O2/c1-3-27-16-10-6-4-8-14(16)12-18-20(26)24-21(29-18)22-19(23-24)15-9-5-7-11-17(15)28-13(2)25;1-2(3)4/h4-12H,3H2,1-2H3;1H3,(H,3,4). The van der Waals surface area contributed by atoms with Crippen LogP contribution in [-0.4, -0.2) is 38.3 Å². The van der Waals surface area contributed by atoms with Gasteiger partial charge in [-0.1, -0.05) is 41.7 Å². The van der Waals surface area contributed by atoms with E-state index < -0.39 is 11.9 Å². The maximum Gasteiger partial charge on any atom is 0.308 e. The number of fused-ring (bicyclic) bond motifs is 1. The summed E-state index contributed by atoms with van der Waals surface area (Å²) < 4.78 is 12.6. The minimum atomic E-state index is -0.833. The first-order valence-electron chi connectivity index (χ1n) is 9.90. The average Bonchev–Trinajstić information content (AvgIpc) is 3.29. The first-order valence-corrected chi connectivity index (χ1v) is 10.7. The second-order valence-corrected chi connectivity index (χ2v) is 7.63. The van der Waals surface area contributed by atoms with Crippen molar-refractivity contribution >= 4 is 34.3 Å². The molecule has 4 aromatic rings. The number of ether oxygens (including phenoxy) is 2. The quantitative estimate of drug-likeness (QED) is 0.351. The molecule has 0 spiro atoms. The van der Waals surface area contributed by atoms with Crippen LogP contribution in [0.15, 0.2) is 53.3 Å². The van der Waals surface area contributed by atoms with Crippen molar-refractivity contribution in [2.24, 2.45) is 0 Å². The second kappa shape index (κ2) is 10.5. The van der Waals surface area contributed by atoms with Crippen molar-refractivity contribution in [3.63, 3.8) is 0 Å². The van der Waals surface area contributed by atoms with E-state index in [4.69, 9.17) is 19.4 Å². The van der Waals surface area contributed by atoms with Gasteiger partial charge < -0.3 is 14.6 Å². The number of thiazole rings is 1. The highest BCUT2D eigenvalue weighted by Gasteiger charge is 2.16. The van der Waals surface area contributed by atoms with E-state index in [0.717, 1.165) is 12.5 Å². The number of aliphatic carboxylic acids is 1. The first kappa shape index (κ1) is 23.6. The highest BCUT2D eigenvalue weighted by Crippen LogP contribution is 2.28. The van der Waals surface area contributed by atoms with Gasteiger partial charge in [0, 0.05) is 19.4 Å². The van der Waals surface area contributed by atoms with Crippen LogP contribution in [0.2, 0.25) is 0 Å². The normalized spacial score (nSPS) is 11.1. The third-order valence-corrected chi connectivity index (χ3v) is 5.03. The van der Waals surface area contributed by atoms with E-state index >= 15 is 0 Å². The number of carboxylic acid groups (broad SMARTS) is 1. The molecule has 1 N–H and O–H groups in total. The van der Waals surface area contributed by atoms with Crippen LogP contribution in [0.4, 0.5) is 0 Å². The molecule has 0 unspecified atom stereocenters. The van der Waals surface area contributed by atoms with Crippen LogP contribution in [0.1, 0.15) is 26.3 Å². The van der Waals surface area contributed by atoms with Gasteiger partial charge in [-0.3, -0.25) is 14.4 Å². The summed E-state index contributed by atoms with van der Waals surface area (Å²) in [7, 11) is 0. The minimum absolute atomic E-state index is 0.264. The molecule has 0 radical (unpaired) electrons. The third kappa shape index (κ3) is 5.80.